The van der Waals surface area contributed by atoms with Crippen LogP contribution in [0.5, 0.6) is 0 Å². The molecule has 3 aromatic rings. The van der Waals surface area contributed by atoms with Crippen LogP contribution in [0.3, 0.4) is 0 Å². The summed E-state index contributed by atoms with van der Waals surface area (Å²) in [5.74, 6) is -2.89. The first-order chi connectivity index (χ1) is 18.5. The first kappa shape index (κ1) is 27.5. The van der Waals surface area contributed by atoms with Crippen LogP contribution in [-0.2, 0) is 42.9 Å². The quantitative estimate of drug-likeness (QED) is 0.282. The van der Waals surface area contributed by atoms with E-state index >= 15 is 0 Å². The number of aryl methyl sites for hydroxylation is 1. The molecule has 1 aliphatic rings. The second kappa shape index (κ2) is 11.5. The van der Waals surface area contributed by atoms with Gasteiger partial charge in [-0.2, -0.15) is 5.10 Å². The second-order valence-corrected chi connectivity index (χ2v) is 8.65. The number of aromatic nitrogens is 5. The largest absolute Gasteiger partial charge is 0.463 e. The van der Waals surface area contributed by atoms with Gasteiger partial charge in [0, 0.05) is 32.7 Å². The summed E-state index contributed by atoms with van der Waals surface area (Å²) in [4.78, 5) is 54.4. The van der Waals surface area contributed by atoms with Crippen LogP contribution in [0.2, 0.25) is 0 Å². The average Bonchev–Trinajstić information content (AvgIpc) is 3.38. The number of ether oxygens (including phenoxy) is 5. The summed E-state index contributed by atoms with van der Waals surface area (Å²) in [6.07, 6.45) is -6.83. The van der Waals surface area contributed by atoms with Crippen LogP contribution in [0.1, 0.15) is 33.4 Å². The molecule has 2 aromatic heterocycles. The van der Waals surface area contributed by atoms with Gasteiger partial charge in [0.05, 0.1) is 11.3 Å². The summed E-state index contributed by atoms with van der Waals surface area (Å²) < 4.78 is 28.3. The molecule has 0 spiro atoms. The zero-order valence-corrected chi connectivity index (χ0v) is 21.8. The fourth-order valence-corrected chi connectivity index (χ4v) is 4.19. The third kappa shape index (κ3) is 6.14. The average molecular weight is 546 g/mol. The van der Waals surface area contributed by atoms with Gasteiger partial charge in [0.1, 0.15) is 12.7 Å². The van der Waals surface area contributed by atoms with Crippen LogP contribution in [0.15, 0.2) is 30.3 Å². The molecular weight excluding hydrogens is 518 g/mol. The van der Waals surface area contributed by atoms with Crippen molar-refractivity contribution in [1.29, 1.82) is 0 Å². The van der Waals surface area contributed by atoms with Gasteiger partial charge in [-0.15, -0.1) is 5.10 Å². The summed E-state index contributed by atoms with van der Waals surface area (Å²) in [7, 11) is 0. The van der Waals surface area contributed by atoms with E-state index in [1.165, 1.54) is 11.6 Å². The highest BCUT2D eigenvalue weighted by Crippen LogP contribution is 2.30. The molecule has 1 aromatic carbocycles. The van der Waals surface area contributed by atoms with Crippen molar-refractivity contribution in [3.05, 3.63) is 36.0 Å². The van der Waals surface area contributed by atoms with E-state index in [4.69, 9.17) is 28.5 Å². The predicted octanol–water partition coefficient (Wildman–Crippen LogP) is 0.413. The molecule has 0 aliphatic carbocycles. The number of tetrazole rings is 1. The Labute approximate surface area is 221 Å². The minimum absolute atomic E-state index is 0.354. The zero-order valence-electron chi connectivity index (χ0n) is 21.8. The molecule has 1 fully saturated rings. The fraction of sp³-hybridized carbons (Fsp3) is 0.458. The van der Waals surface area contributed by atoms with Crippen LogP contribution < -0.4 is 4.84 Å². The van der Waals surface area contributed by atoms with E-state index < -0.39 is 61.2 Å². The lowest BCUT2D eigenvalue weighted by molar-refractivity contribution is -0.309. The van der Waals surface area contributed by atoms with Gasteiger partial charge < -0.3 is 28.5 Å². The van der Waals surface area contributed by atoms with Crippen LogP contribution in [-0.4, -0.2) is 86.2 Å². The van der Waals surface area contributed by atoms with E-state index in [-0.39, 0.29) is 0 Å². The number of nitrogens with zero attached hydrogens (tertiary/aromatic N) is 5. The van der Waals surface area contributed by atoms with Gasteiger partial charge in [0.15, 0.2) is 12.2 Å². The molecule has 15 nitrogen and oxygen atoms in total. The zero-order chi connectivity index (χ0) is 28.3. The Morgan fingerprint density at radius 3 is 2.13 bits per heavy atom. The van der Waals surface area contributed by atoms with Crippen molar-refractivity contribution in [2.24, 2.45) is 0 Å². The molecule has 1 aliphatic heterocycles. The molecule has 4 rings (SSSR count). The monoisotopic (exact) mass is 545 g/mol. The Hall–Kier alpha value is -4.53. The third-order valence-electron chi connectivity index (χ3n) is 5.60. The van der Waals surface area contributed by atoms with Crippen molar-refractivity contribution in [3.8, 4) is 11.1 Å². The van der Waals surface area contributed by atoms with Crippen LogP contribution in [0.25, 0.3) is 16.8 Å². The van der Waals surface area contributed by atoms with Crippen molar-refractivity contribution in [1.82, 2.24) is 25.0 Å². The molecular formula is C24H27N5O10. The van der Waals surface area contributed by atoms with Gasteiger partial charge in [-0.1, -0.05) is 35.0 Å². The summed E-state index contributed by atoms with van der Waals surface area (Å²) in [6, 6.07) is 9.39. The molecule has 0 amide bonds. The number of rotatable bonds is 8. The van der Waals surface area contributed by atoms with Crippen LogP contribution in [0, 0.1) is 6.92 Å². The summed E-state index contributed by atoms with van der Waals surface area (Å²) in [5, 5.41) is 12.6. The van der Waals surface area contributed by atoms with Crippen molar-refractivity contribution in [2.45, 2.75) is 65.3 Å². The van der Waals surface area contributed by atoms with Crippen molar-refractivity contribution in [3.63, 3.8) is 0 Å². The molecule has 0 radical (unpaired) electrons. The third-order valence-corrected chi connectivity index (χ3v) is 5.60. The minimum atomic E-state index is -1.51. The topological polar surface area (TPSA) is 172 Å². The molecule has 208 valence electrons. The van der Waals surface area contributed by atoms with Gasteiger partial charge in [-0.3, -0.25) is 19.2 Å². The predicted molar refractivity (Wildman–Crippen MR) is 127 cm³/mol. The molecule has 0 bridgehead atoms. The number of carbonyl (C=O) groups excluding carboxylic acids is 4. The summed E-state index contributed by atoms with van der Waals surface area (Å²) in [5.41, 5.74) is 2.53. The van der Waals surface area contributed by atoms with Gasteiger partial charge >= 0.3 is 23.9 Å². The standard InChI is InChI=1S/C24H27N5O10/c1-12-19(17-9-7-6-8-10-17)23-25-27-29(28(23)26-12)39-22-21(36-15(4)32)20(35-14(3)31)18(11-34-13(2)30)38-24(22)37-16(5)33/h6-10,18,20-22,24H,11H2,1-5H3/t18-,20+,21+,22-,24-/m0/s1. The molecule has 5 atom stereocenters. The number of carbonyl (C=O) groups is 4. The molecule has 0 unspecified atom stereocenters. The number of fused-ring (bicyclic) bond motifs is 1. The lowest BCUT2D eigenvalue weighted by Crippen LogP contribution is -2.65. The van der Waals surface area contributed by atoms with Crippen molar-refractivity contribution in [2.75, 3.05) is 6.61 Å². The van der Waals surface area contributed by atoms with Crippen molar-refractivity contribution < 1.29 is 47.7 Å². The highest BCUT2D eigenvalue weighted by atomic mass is 16.8. The second-order valence-electron chi connectivity index (χ2n) is 8.65. The van der Waals surface area contributed by atoms with Gasteiger partial charge in [-0.05, 0) is 17.7 Å². The normalized spacial score (nSPS) is 22.6. The SMILES string of the molecule is CC(=O)OC[C@@H]1O[C@H](OC(C)=O)[C@@H](On2nnc3c(-c4ccccc4)c(C)nn32)[C@H](OC(C)=O)[C@@H]1OC(C)=O. The Morgan fingerprint density at radius 2 is 1.51 bits per heavy atom. The Kier molecular flexibility index (Phi) is 8.09. The van der Waals surface area contributed by atoms with E-state index in [1.54, 1.807) is 6.92 Å². The maximum absolute atomic E-state index is 12.1. The van der Waals surface area contributed by atoms with Crippen LogP contribution in [0.4, 0.5) is 0 Å². The number of benzene rings is 1. The Bertz CT molecular complexity index is 1370. The van der Waals surface area contributed by atoms with E-state index in [0.717, 1.165) is 31.3 Å². The van der Waals surface area contributed by atoms with Gasteiger partial charge in [0.2, 0.25) is 18.0 Å². The molecule has 0 saturated carbocycles. The van der Waals surface area contributed by atoms with E-state index in [1.807, 2.05) is 30.3 Å². The molecule has 15 heteroatoms. The molecule has 1 saturated heterocycles. The van der Waals surface area contributed by atoms with Crippen molar-refractivity contribution >= 4 is 29.5 Å². The molecule has 0 N–H and O–H groups in total. The van der Waals surface area contributed by atoms with E-state index in [2.05, 4.69) is 15.4 Å². The number of hydrogen-bond donors (Lipinski definition) is 0. The van der Waals surface area contributed by atoms with E-state index in [9.17, 15) is 19.2 Å². The maximum atomic E-state index is 12.1. The maximum Gasteiger partial charge on any atom is 0.305 e. The molecule has 3 heterocycles. The highest BCUT2D eigenvalue weighted by Gasteiger charge is 2.54. The lowest BCUT2D eigenvalue weighted by Gasteiger charge is -2.43. The fourth-order valence-electron chi connectivity index (χ4n) is 4.19. The molecule has 39 heavy (non-hydrogen) atoms. The van der Waals surface area contributed by atoms with Gasteiger partial charge in [0.25, 0.3) is 0 Å². The summed E-state index contributed by atoms with van der Waals surface area (Å²) in [6.45, 7) is 5.97. The first-order valence-electron chi connectivity index (χ1n) is 11.9. The minimum Gasteiger partial charge on any atom is -0.463 e. The number of esters is 4. The summed E-state index contributed by atoms with van der Waals surface area (Å²) >= 11 is 0. The Morgan fingerprint density at radius 1 is 0.872 bits per heavy atom. The van der Waals surface area contributed by atoms with Crippen LogP contribution >= 0.6 is 0 Å². The van der Waals surface area contributed by atoms with Gasteiger partial charge in [-0.25, -0.2) is 0 Å². The first-order valence-corrected chi connectivity index (χ1v) is 11.9. The Balaban J connectivity index is 1.75. The smallest absolute Gasteiger partial charge is 0.305 e. The number of hydrogen-bond acceptors (Lipinski definition) is 13. The highest BCUT2D eigenvalue weighted by molar-refractivity contribution is 5.79. The van der Waals surface area contributed by atoms with E-state index in [0.29, 0.717) is 16.9 Å². The lowest BCUT2D eigenvalue weighted by atomic mass is 9.98.